The van der Waals surface area contributed by atoms with Crippen molar-refractivity contribution < 1.29 is 9.13 Å². The molecule has 82 valence electrons. The number of ether oxygens (including phenoxy) is 1. The van der Waals surface area contributed by atoms with Crippen molar-refractivity contribution in [1.29, 1.82) is 0 Å². The van der Waals surface area contributed by atoms with E-state index in [9.17, 15) is 4.39 Å². The monoisotopic (exact) mass is 202 g/mol. The van der Waals surface area contributed by atoms with Crippen LogP contribution in [0.3, 0.4) is 0 Å². The van der Waals surface area contributed by atoms with Gasteiger partial charge in [-0.2, -0.15) is 0 Å². The Kier molecular flexibility index (Phi) is 3.36. The third kappa shape index (κ3) is 2.65. The smallest absolute Gasteiger partial charge is 0.137 e. The minimum Gasteiger partial charge on any atom is -0.363 e. The van der Waals surface area contributed by atoms with Crippen molar-refractivity contribution >= 4 is 0 Å². The van der Waals surface area contributed by atoms with Crippen molar-refractivity contribution in [3.05, 3.63) is 0 Å². The maximum absolute atomic E-state index is 13.9. The lowest BCUT2D eigenvalue weighted by Crippen LogP contribution is -2.45. The molecule has 2 saturated heterocycles. The molecule has 2 rings (SSSR count). The Hall–Kier alpha value is -0.190. The molecule has 3 nitrogen and oxygen atoms in total. The first-order chi connectivity index (χ1) is 6.79. The van der Waals surface area contributed by atoms with Gasteiger partial charge in [-0.05, 0) is 32.2 Å². The Morgan fingerprint density at radius 2 is 2.43 bits per heavy atom. The Morgan fingerprint density at radius 3 is 3.07 bits per heavy atom. The quantitative estimate of drug-likeness (QED) is 0.710. The van der Waals surface area contributed by atoms with Crippen molar-refractivity contribution in [3.63, 3.8) is 0 Å². The number of alkyl halides is 1. The van der Waals surface area contributed by atoms with Gasteiger partial charge in [0.15, 0.2) is 0 Å². The lowest BCUT2D eigenvalue weighted by molar-refractivity contribution is -0.0137. The van der Waals surface area contributed by atoms with Crippen LogP contribution < -0.4 is 10.6 Å². The predicted molar refractivity (Wildman–Crippen MR) is 52.9 cm³/mol. The molecule has 0 spiro atoms. The van der Waals surface area contributed by atoms with E-state index in [1.165, 1.54) is 6.42 Å². The van der Waals surface area contributed by atoms with E-state index in [1.54, 1.807) is 0 Å². The molecule has 4 heteroatoms. The Morgan fingerprint density at radius 1 is 1.50 bits per heavy atom. The summed E-state index contributed by atoms with van der Waals surface area (Å²) < 4.78 is 19.4. The van der Waals surface area contributed by atoms with Gasteiger partial charge in [0, 0.05) is 19.7 Å². The second-order valence-electron chi connectivity index (χ2n) is 4.31. The molecule has 2 heterocycles. The Bertz CT molecular complexity index is 177. The summed E-state index contributed by atoms with van der Waals surface area (Å²) in [6.45, 7) is 2.51. The maximum Gasteiger partial charge on any atom is 0.137 e. The topological polar surface area (TPSA) is 33.3 Å². The molecule has 0 aromatic rings. The van der Waals surface area contributed by atoms with E-state index < -0.39 is 5.67 Å². The van der Waals surface area contributed by atoms with Gasteiger partial charge in [-0.15, -0.1) is 0 Å². The van der Waals surface area contributed by atoms with Crippen molar-refractivity contribution in [2.45, 2.75) is 37.6 Å². The van der Waals surface area contributed by atoms with Crippen LogP contribution in [0.2, 0.25) is 0 Å². The van der Waals surface area contributed by atoms with Crippen LogP contribution in [0.1, 0.15) is 25.7 Å². The summed E-state index contributed by atoms with van der Waals surface area (Å²) in [6, 6.07) is 0. The molecular weight excluding hydrogens is 183 g/mol. The first-order valence-corrected chi connectivity index (χ1v) is 5.53. The predicted octanol–water partition coefficient (Wildman–Crippen LogP) is 0.804. The van der Waals surface area contributed by atoms with Gasteiger partial charge in [0.05, 0.1) is 0 Å². The zero-order valence-electron chi connectivity index (χ0n) is 8.52. The molecule has 2 aliphatic rings. The zero-order chi connectivity index (χ0) is 9.86. The van der Waals surface area contributed by atoms with Gasteiger partial charge in [-0.1, -0.05) is 0 Å². The Labute approximate surface area is 84.4 Å². The maximum atomic E-state index is 13.9. The number of rotatable bonds is 3. The lowest BCUT2D eigenvalue weighted by Gasteiger charge is -2.27. The highest BCUT2D eigenvalue weighted by atomic mass is 19.1. The van der Waals surface area contributed by atoms with E-state index in [-0.39, 0.29) is 6.23 Å². The summed E-state index contributed by atoms with van der Waals surface area (Å²) in [5.74, 6) is 0. The van der Waals surface area contributed by atoms with Crippen LogP contribution in [0.4, 0.5) is 4.39 Å². The van der Waals surface area contributed by atoms with Crippen molar-refractivity contribution in [3.8, 4) is 0 Å². The van der Waals surface area contributed by atoms with Gasteiger partial charge in [0.2, 0.25) is 0 Å². The first-order valence-electron chi connectivity index (χ1n) is 5.53. The molecule has 0 radical (unpaired) electrons. The summed E-state index contributed by atoms with van der Waals surface area (Å²) >= 11 is 0. The van der Waals surface area contributed by atoms with Crippen molar-refractivity contribution in [2.24, 2.45) is 0 Å². The van der Waals surface area contributed by atoms with E-state index in [0.29, 0.717) is 19.5 Å². The molecule has 2 fully saturated rings. The van der Waals surface area contributed by atoms with Crippen molar-refractivity contribution in [1.82, 2.24) is 10.6 Å². The molecule has 0 amide bonds. The summed E-state index contributed by atoms with van der Waals surface area (Å²) in [4.78, 5) is 0. The molecule has 14 heavy (non-hydrogen) atoms. The van der Waals surface area contributed by atoms with Crippen LogP contribution in [0.25, 0.3) is 0 Å². The van der Waals surface area contributed by atoms with E-state index in [1.807, 2.05) is 0 Å². The van der Waals surface area contributed by atoms with E-state index >= 15 is 0 Å². The van der Waals surface area contributed by atoms with E-state index in [4.69, 9.17) is 4.74 Å². The Balaban J connectivity index is 1.70. The SMILES string of the molecule is FC1(CNC2CCCCO2)CCNC1. The van der Waals surface area contributed by atoms with E-state index in [2.05, 4.69) is 10.6 Å². The van der Waals surface area contributed by atoms with Crippen LogP contribution in [0.5, 0.6) is 0 Å². The highest BCUT2D eigenvalue weighted by molar-refractivity contribution is 4.90. The van der Waals surface area contributed by atoms with Gasteiger partial charge >= 0.3 is 0 Å². The lowest BCUT2D eigenvalue weighted by atomic mass is 10.1. The molecular formula is C10H19FN2O. The average Bonchev–Trinajstić information content (AvgIpc) is 2.65. The first kappa shape index (κ1) is 10.3. The minimum atomic E-state index is -1.05. The molecule has 0 bridgehead atoms. The minimum absolute atomic E-state index is 0.0805. The molecule has 0 saturated carbocycles. The molecule has 2 unspecified atom stereocenters. The van der Waals surface area contributed by atoms with Crippen LogP contribution >= 0.6 is 0 Å². The number of hydrogen-bond acceptors (Lipinski definition) is 3. The molecule has 2 atom stereocenters. The summed E-state index contributed by atoms with van der Waals surface area (Å²) in [5.41, 5.74) is -1.05. The van der Waals surface area contributed by atoms with Gasteiger partial charge in [0.25, 0.3) is 0 Å². The average molecular weight is 202 g/mol. The summed E-state index contributed by atoms with van der Waals surface area (Å²) in [7, 11) is 0. The van der Waals surface area contributed by atoms with Crippen LogP contribution in [-0.4, -0.2) is 38.1 Å². The highest BCUT2D eigenvalue weighted by Crippen LogP contribution is 2.19. The van der Waals surface area contributed by atoms with Crippen molar-refractivity contribution in [2.75, 3.05) is 26.2 Å². The fourth-order valence-corrected chi connectivity index (χ4v) is 2.06. The number of hydrogen-bond donors (Lipinski definition) is 2. The second-order valence-corrected chi connectivity index (χ2v) is 4.31. The largest absolute Gasteiger partial charge is 0.363 e. The molecule has 0 aromatic carbocycles. The molecule has 2 aliphatic heterocycles. The summed E-state index contributed by atoms with van der Waals surface area (Å²) in [5, 5.41) is 6.21. The third-order valence-electron chi connectivity index (χ3n) is 3.02. The van der Waals surface area contributed by atoms with Crippen LogP contribution in [0, 0.1) is 0 Å². The zero-order valence-corrected chi connectivity index (χ0v) is 8.52. The van der Waals surface area contributed by atoms with Gasteiger partial charge < -0.3 is 10.1 Å². The normalized spacial score (nSPS) is 38.8. The summed E-state index contributed by atoms with van der Waals surface area (Å²) in [6.07, 6.45) is 4.04. The molecule has 0 aliphatic carbocycles. The fourth-order valence-electron chi connectivity index (χ4n) is 2.06. The third-order valence-corrected chi connectivity index (χ3v) is 3.02. The van der Waals surface area contributed by atoms with Gasteiger partial charge in [0.1, 0.15) is 11.9 Å². The second kappa shape index (κ2) is 4.55. The highest BCUT2D eigenvalue weighted by Gasteiger charge is 2.34. The standard InChI is InChI=1S/C10H19FN2O/c11-10(4-5-12-7-10)8-13-9-3-1-2-6-14-9/h9,12-13H,1-8H2. The molecule has 0 aromatic heterocycles. The van der Waals surface area contributed by atoms with E-state index in [0.717, 1.165) is 26.0 Å². The van der Waals surface area contributed by atoms with Crippen LogP contribution in [-0.2, 0) is 4.74 Å². The number of halogens is 1. The van der Waals surface area contributed by atoms with Crippen LogP contribution in [0.15, 0.2) is 0 Å². The van der Waals surface area contributed by atoms with Gasteiger partial charge in [-0.25, -0.2) is 4.39 Å². The molecule has 2 N–H and O–H groups in total. The number of nitrogens with one attached hydrogen (secondary N) is 2. The fraction of sp³-hybridized carbons (Fsp3) is 1.00. The van der Waals surface area contributed by atoms with Gasteiger partial charge in [-0.3, -0.25) is 5.32 Å².